The maximum absolute atomic E-state index is 10.6. The summed E-state index contributed by atoms with van der Waals surface area (Å²) in [5.74, 6) is 0.287. The summed E-state index contributed by atoms with van der Waals surface area (Å²) in [6.45, 7) is 3.28. The van der Waals surface area contributed by atoms with Crippen LogP contribution in [0.4, 0.5) is 25.1 Å². The molecule has 3 heterocycles. The number of H-pyrrole nitrogens is 1. The van der Waals surface area contributed by atoms with Crippen LogP contribution in [-0.4, -0.2) is 69.1 Å². The number of carboxylic acid groups (broad SMARTS) is 1. The predicted octanol–water partition coefficient (Wildman–Crippen LogP) is 3.60. The summed E-state index contributed by atoms with van der Waals surface area (Å²) in [4.78, 5) is 18.3. The van der Waals surface area contributed by atoms with E-state index in [1.165, 1.54) is 37.8 Å². The molecule has 186 valence electrons. The zero-order valence-electron chi connectivity index (χ0n) is 18.5. The molecule has 4 N–H and O–H groups in total. The summed E-state index contributed by atoms with van der Waals surface area (Å²) in [6, 6.07) is 9.74. The second-order valence-corrected chi connectivity index (χ2v) is 9.65. The van der Waals surface area contributed by atoms with Gasteiger partial charge in [-0.05, 0) is 61.6 Å². The number of anilines is 2. The van der Waals surface area contributed by atoms with Gasteiger partial charge in [0.1, 0.15) is 0 Å². The number of nitrogens with two attached hydrogens (primary N) is 1. The molecule has 12 heteroatoms. The van der Waals surface area contributed by atoms with E-state index >= 15 is 0 Å². The normalized spacial score (nSPS) is 25.3. The third-order valence-electron chi connectivity index (χ3n) is 6.89. The van der Waals surface area contributed by atoms with Crippen molar-refractivity contribution < 1.29 is 23.1 Å². The molecule has 1 saturated carbocycles. The van der Waals surface area contributed by atoms with Crippen molar-refractivity contribution in [2.24, 2.45) is 11.8 Å². The number of rotatable bonds is 4. The SMILES string of the molecule is Nc1nc(N2CCC(N3CC4CC4C[C@@H]3Cc3ccc(Cl)cc3)CC2)n[nH]1.O=C(O)C(F)(F)F. The second kappa shape index (κ2) is 9.99. The minimum absolute atomic E-state index is 0.394. The van der Waals surface area contributed by atoms with E-state index in [0.717, 1.165) is 42.3 Å². The summed E-state index contributed by atoms with van der Waals surface area (Å²) < 4.78 is 31.7. The molecule has 3 fully saturated rings. The van der Waals surface area contributed by atoms with Gasteiger partial charge in [0.2, 0.25) is 11.9 Å². The first-order valence-electron chi connectivity index (χ1n) is 11.3. The highest BCUT2D eigenvalue weighted by Gasteiger charge is 2.47. The van der Waals surface area contributed by atoms with Gasteiger partial charge in [-0.3, -0.25) is 4.90 Å². The van der Waals surface area contributed by atoms with Crippen molar-refractivity contribution >= 4 is 29.5 Å². The molecule has 1 aromatic heterocycles. The number of aromatic nitrogens is 3. The van der Waals surface area contributed by atoms with Crippen LogP contribution in [0.1, 0.15) is 31.2 Å². The second-order valence-electron chi connectivity index (χ2n) is 9.21. The fraction of sp³-hybridized carbons (Fsp3) is 0.591. The largest absolute Gasteiger partial charge is 0.490 e. The van der Waals surface area contributed by atoms with Crippen LogP contribution >= 0.6 is 11.6 Å². The highest BCUT2D eigenvalue weighted by Crippen LogP contribution is 2.48. The number of halogens is 4. The zero-order chi connectivity index (χ0) is 24.5. The van der Waals surface area contributed by atoms with Gasteiger partial charge in [-0.2, -0.15) is 18.2 Å². The molecule has 2 aliphatic heterocycles. The lowest BCUT2D eigenvalue weighted by Gasteiger charge is -2.44. The first kappa shape index (κ1) is 24.6. The van der Waals surface area contributed by atoms with Crippen LogP contribution in [0.5, 0.6) is 0 Å². The van der Waals surface area contributed by atoms with Crippen LogP contribution < -0.4 is 10.6 Å². The number of piperidine rings is 2. The standard InChI is InChI=1S/C20H27ClN6.C2HF3O2/c21-16-3-1-13(2-4-16)9-18-11-14-10-15(14)12-27(18)17-5-7-26(8-6-17)20-23-19(22)24-25-20;3-2(4,5)1(6)7/h1-4,14-15,17-18H,5-12H2,(H3,22,23,24,25);(H,6,7)/t14?,15?,18-;/m0./s1. The minimum atomic E-state index is -5.08. The van der Waals surface area contributed by atoms with Gasteiger partial charge in [0.15, 0.2) is 0 Å². The molecule has 1 aromatic carbocycles. The Morgan fingerprint density at radius 2 is 1.82 bits per heavy atom. The zero-order valence-corrected chi connectivity index (χ0v) is 19.3. The third kappa shape index (κ3) is 6.12. The topological polar surface area (TPSA) is 111 Å². The predicted molar refractivity (Wildman–Crippen MR) is 122 cm³/mol. The van der Waals surface area contributed by atoms with E-state index in [0.29, 0.717) is 18.0 Å². The molecule has 3 aliphatic rings. The van der Waals surface area contributed by atoms with Crippen molar-refractivity contribution in [3.63, 3.8) is 0 Å². The number of carboxylic acids is 1. The first-order valence-corrected chi connectivity index (χ1v) is 11.7. The van der Waals surface area contributed by atoms with Crippen molar-refractivity contribution in [2.75, 3.05) is 30.3 Å². The minimum Gasteiger partial charge on any atom is -0.475 e. The lowest BCUT2D eigenvalue weighted by atomic mass is 9.91. The maximum Gasteiger partial charge on any atom is 0.490 e. The number of nitrogen functional groups attached to an aromatic ring is 1. The highest BCUT2D eigenvalue weighted by atomic mass is 35.5. The van der Waals surface area contributed by atoms with E-state index in [4.69, 9.17) is 27.2 Å². The molecular weight excluding hydrogens is 473 g/mol. The van der Waals surface area contributed by atoms with Gasteiger partial charge in [0.25, 0.3) is 0 Å². The summed E-state index contributed by atoms with van der Waals surface area (Å²) in [6.07, 6.45) is 1.18. The number of benzene rings is 1. The van der Waals surface area contributed by atoms with Gasteiger partial charge in [-0.15, -0.1) is 5.10 Å². The molecule has 0 spiro atoms. The molecule has 2 aromatic rings. The maximum atomic E-state index is 10.6. The smallest absolute Gasteiger partial charge is 0.475 e. The van der Waals surface area contributed by atoms with Crippen LogP contribution in [0.25, 0.3) is 0 Å². The van der Waals surface area contributed by atoms with Gasteiger partial charge in [-0.25, -0.2) is 9.89 Å². The Labute approximate surface area is 200 Å². The number of alkyl halides is 3. The Morgan fingerprint density at radius 3 is 2.38 bits per heavy atom. The van der Waals surface area contributed by atoms with E-state index in [2.05, 4.69) is 37.1 Å². The molecule has 2 unspecified atom stereocenters. The van der Waals surface area contributed by atoms with Crippen LogP contribution in [0.15, 0.2) is 24.3 Å². The van der Waals surface area contributed by atoms with E-state index in [9.17, 15) is 13.2 Å². The summed E-state index contributed by atoms with van der Waals surface area (Å²) in [5.41, 5.74) is 7.08. The van der Waals surface area contributed by atoms with Crippen LogP contribution in [0.2, 0.25) is 5.02 Å². The Bertz CT molecular complexity index is 978. The number of hydrogen-bond donors (Lipinski definition) is 3. The molecule has 0 amide bonds. The Morgan fingerprint density at radius 1 is 1.18 bits per heavy atom. The number of nitrogens with one attached hydrogen (secondary N) is 1. The Balaban J connectivity index is 0.000000344. The average molecular weight is 501 g/mol. The summed E-state index contributed by atoms with van der Waals surface area (Å²) >= 11 is 6.07. The summed E-state index contributed by atoms with van der Waals surface area (Å²) in [7, 11) is 0. The van der Waals surface area contributed by atoms with Crippen molar-refractivity contribution in [1.29, 1.82) is 0 Å². The van der Waals surface area contributed by atoms with Crippen LogP contribution in [0.3, 0.4) is 0 Å². The molecule has 0 radical (unpaired) electrons. The van der Waals surface area contributed by atoms with Crippen molar-refractivity contribution in [3.05, 3.63) is 34.9 Å². The van der Waals surface area contributed by atoms with Crippen molar-refractivity contribution in [1.82, 2.24) is 20.1 Å². The van der Waals surface area contributed by atoms with Gasteiger partial charge in [0.05, 0.1) is 0 Å². The van der Waals surface area contributed by atoms with Crippen molar-refractivity contribution in [2.45, 2.75) is 50.4 Å². The number of fused-ring (bicyclic) bond motifs is 1. The quantitative estimate of drug-likeness (QED) is 0.588. The van der Waals surface area contributed by atoms with Gasteiger partial charge >= 0.3 is 12.1 Å². The van der Waals surface area contributed by atoms with E-state index in [-0.39, 0.29) is 0 Å². The van der Waals surface area contributed by atoms with E-state index in [1.807, 2.05) is 12.1 Å². The molecule has 8 nitrogen and oxygen atoms in total. The van der Waals surface area contributed by atoms with Gasteiger partial charge in [0, 0.05) is 36.7 Å². The highest BCUT2D eigenvalue weighted by molar-refractivity contribution is 6.30. The van der Waals surface area contributed by atoms with Gasteiger partial charge in [-0.1, -0.05) is 23.7 Å². The molecular formula is C22H28ClF3N6O2. The molecule has 1 aliphatic carbocycles. The number of carbonyl (C=O) groups is 1. The Hall–Kier alpha value is -2.53. The van der Waals surface area contributed by atoms with E-state index < -0.39 is 12.1 Å². The van der Waals surface area contributed by atoms with E-state index in [1.54, 1.807) is 0 Å². The van der Waals surface area contributed by atoms with Gasteiger partial charge < -0.3 is 15.7 Å². The van der Waals surface area contributed by atoms with Crippen LogP contribution in [-0.2, 0) is 11.2 Å². The number of aromatic amines is 1. The number of hydrogen-bond acceptors (Lipinski definition) is 6. The molecule has 0 bridgehead atoms. The fourth-order valence-corrected chi connectivity index (χ4v) is 5.20. The molecule has 5 rings (SSSR count). The monoisotopic (exact) mass is 500 g/mol. The lowest BCUT2D eigenvalue weighted by Crippen LogP contribution is -2.52. The van der Waals surface area contributed by atoms with Crippen LogP contribution in [0, 0.1) is 11.8 Å². The average Bonchev–Trinajstić information content (AvgIpc) is 3.42. The number of likely N-dealkylation sites (tertiary alicyclic amines) is 1. The van der Waals surface area contributed by atoms with Crippen molar-refractivity contribution in [3.8, 4) is 0 Å². The first-order chi connectivity index (χ1) is 16.1. The number of nitrogens with zero attached hydrogens (tertiary/aromatic N) is 4. The third-order valence-corrected chi connectivity index (χ3v) is 7.14. The molecule has 2 saturated heterocycles. The molecule has 3 atom stereocenters. The fourth-order valence-electron chi connectivity index (χ4n) is 5.07. The molecule has 34 heavy (non-hydrogen) atoms. The summed E-state index contributed by atoms with van der Waals surface area (Å²) in [5, 5.41) is 14.9. The number of aliphatic carboxylic acids is 1. The lowest BCUT2D eigenvalue weighted by molar-refractivity contribution is -0.192. The Kier molecular flexibility index (Phi) is 7.22.